The number of nitrogens with one attached hydrogen (secondary N) is 1. The normalized spacial score (nSPS) is 12.2. The molecule has 4 heteroatoms. The van der Waals surface area contributed by atoms with Crippen molar-refractivity contribution < 1.29 is 14.1 Å². The lowest BCUT2D eigenvalue weighted by Gasteiger charge is -2.16. The smallest absolute Gasteiger partial charge is 0.340 e. The molecule has 0 saturated carbocycles. The minimum atomic E-state index is -0.248. The van der Waals surface area contributed by atoms with Crippen LogP contribution in [0.4, 0.5) is 0 Å². The van der Waals surface area contributed by atoms with E-state index in [1.807, 2.05) is 25.1 Å². The van der Waals surface area contributed by atoms with Gasteiger partial charge in [0.15, 0.2) is 18.9 Å². The van der Waals surface area contributed by atoms with Crippen LogP contribution in [0.1, 0.15) is 39.5 Å². The molecular formula is C28H27N2O2+. The van der Waals surface area contributed by atoms with Gasteiger partial charge in [-0.05, 0) is 37.8 Å². The van der Waals surface area contributed by atoms with E-state index in [1.54, 1.807) is 0 Å². The number of benzene rings is 2. The van der Waals surface area contributed by atoms with Gasteiger partial charge in [-0.2, -0.15) is 0 Å². The van der Waals surface area contributed by atoms with Crippen LogP contribution >= 0.6 is 0 Å². The minimum Gasteiger partial charge on any atom is -0.462 e. The molecule has 2 aromatic heterocycles. The first-order valence-corrected chi connectivity index (χ1v) is 11.2. The molecule has 2 aromatic carbocycles. The van der Waals surface area contributed by atoms with Gasteiger partial charge in [0.05, 0.1) is 23.6 Å². The number of aromatic nitrogens is 2. The predicted molar refractivity (Wildman–Crippen MR) is 126 cm³/mol. The molecule has 0 bridgehead atoms. The van der Waals surface area contributed by atoms with E-state index >= 15 is 0 Å². The second-order valence-electron chi connectivity index (χ2n) is 8.31. The Labute approximate surface area is 188 Å². The van der Waals surface area contributed by atoms with Crippen molar-refractivity contribution in [2.45, 2.75) is 33.2 Å². The van der Waals surface area contributed by atoms with Crippen LogP contribution in [-0.2, 0) is 24.1 Å². The predicted octanol–water partition coefficient (Wildman–Crippen LogP) is 5.27. The van der Waals surface area contributed by atoms with Crippen LogP contribution < -0.4 is 4.57 Å². The van der Waals surface area contributed by atoms with Gasteiger partial charge in [0, 0.05) is 28.3 Å². The highest BCUT2D eigenvalue weighted by atomic mass is 16.5. The molecule has 0 atom stereocenters. The average Bonchev–Trinajstić information content (AvgIpc) is 3.20. The molecule has 0 unspecified atom stereocenters. The fourth-order valence-corrected chi connectivity index (χ4v) is 4.69. The lowest BCUT2D eigenvalue weighted by Crippen LogP contribution is -2.34. The standard InChI is InChI=1S/C28H26N2O2/c1-3-32-28(31)25-24-14-13-21-18-30(17-20-10-5-4-6-11-20)16-15-23(21)26(24)29-27(25)22-12-8-7-9-19(22)2/h4-12,15-16,18H,3,13-14,17H2,1-2H3/p+1. The number of pyridine rings is 1. The Balaban J connectivity index is 1.60. The van der Waals surface area contributed by atoms with Crippen LogP contribution in [0.3, 0.4) is 0 Å². The van der Waals surface area contributed by atoms with Gasteiger partial charge in [-0.1, -0.05) is 54.6 Å². The van der Waals surface area contributed by atoms with Gasteiger partial charge in [0.25, 0.3) is 0 Å². The molecule has 160 valence electrons. The minimum absolute atomic E-state index is 0.248. The summed E-state index contributed by atoms with van der Waals surface area (Å²) in [6.45, 7) is 5.13. The number of esters is 1. The van der Waals surface area contributed by atoms with Crippen molar-refractivity contribution in [1.29, 1.82) is 0 Å². The van der Waals surface area contributed by atoms with E-state index in [-0.39, 0.29) is 5.97 Å². The Kier molecular flexibility index (Phi) is 5.36. The van der Waals surface area contributed by atoms with Crippen LogP contribution in [0.25, 0.3) is 22.5 Å². The number of aryl methyl sites for hydroxylation is 2. The maximum absolute atomic E-state index is 13.0. The van der Waals surface area contributed by atoms with Gasteiger partial charge >= 0.3 is 5.97 Å². The van der Waals surface area contributed by atoms with Crippen LogP contribution in [0, 0.1) is 6.92 Å². The summed E-state index contributed by atoms with van der Waals surface area (Å²) in [4.78, 5) is 16.6. The largest absolute Gasteiger partial charge is 0.462 e. The number of carbonyl (C=O) groups is 1. The van der Waals surface area contributed by atoms with Crippen LogP contribution in [-0.4, -0.2) is 17.6 Å². The highest BCUT2D eigenvalue weighted by Gasteiger charge is 2.30. The third-order valence-corrected chi connectivity index (χ3v) is 6.22. The van der Waals surface area contributed by atoms with Crippen molar-refractivity contribution in [2.75, 3.05) is 6.61 Å². The van der Waals surface area contributed by atoms with Crippen LogP contribution in [0.2, 0.25) is 0 Å². The summed E-state index contributed by atoms with van der Waals surface area (Å²) in [6, 6.07) is 20.8. The lowest BCUT2D eigenvalue weighted by molar-refractivity contribution is -0.688. The van der Waals surface area contributed by atoms with Crippen molar-refractivity contribution in [1.82, 2.24) is 4.98 Å². The maximum Gasteiger partial charge on any atom is 0.340 e. The molecule has 1 N–H and O–H groups in total. The number of nitrogens with zero attached hydrogens (tertiary/aromatic N) is 1. The fourth-order valence-electron chi connectivity index (χ4n) is 4.69. The van der Waals surface area contributed by atoms with Crippen molar-refractivity contribution in [2.24, 2.45) is 0 Å². The first kappa shape index (κ1) is 20.3. The Hall–Kier alpha value is -3.66. The van der Waals surface area contributed by atoms with Gasteiger partial charge in [0.2, 0.25) is 0 Å². The van der Waals surface area contributed by atoms with E-state index in [1.165, 1.54) is 16.7 Å². The molecule has 32 heavy (non-hydrogen) atoms. The summed E-state index contributed by atoms with van der Waals surface area (Å²) in [5.74, 6) is -0.248. The first-order chi connectivity index (χ1) is 15.7. The van der Waals surface area contributed by atoms with E-state index in [0.717, 1.165) is 47.5 Å². The van der Waals surface area contributed by atoms with E-state index in [2.05, 4.69) is 71.3 Å². The zero-order valence-electron chi connectivity index (χ0n) is 18.5. The zero-order valence-corrected chi connectivity index (χ0v) is 18.5. The van der Waals surface area contributed by atoms with E-state index in [4.69, 9.17) is 4.74 Å². The number of ether oxygens (including phenoxy) is 1. The molecule has 0 radical (unpaired) electrons. The highest BCUT2D eigenvalue weighted by Crippen LogP contribution is 2.40. The summed E-state index contributed by atoms with van der Waals surface area (Å²) >= 11 is 0. The number of aromatic amines is 1. The number of fused-ring (bicyclic) bond motifs is 3. The van der Waals surface area contributed by atoms with Crippen molar-refractivity contribution in [3.8, 4) is 22.5 Å². The van der Waals surface area contributed by atoms with Gasteiger partial charge < -0.3 is 9.72 Å². The quantitative estimate of drug-likeness (QED) is 0.351. The molecule has 1 aliphatic carbocycles. The molecule has 0 spiro atoms. The summed E-state index contributed by atoms with van der Waals surface area (Å²) in [7, 11) is 0. The Morgan fingerprint density at radius 1 is 0.969 bits per heavy atom. The molecule has 0 saturated heterocycles. The molecular weight excluding hydrogens is 396 g/mol. The molecule has 0 amide bonds. The number of carbonyl (C=O) groups excluding carboxylic acids is 1. The summed E-state index contributed by atoms with van der Waals surface area (Å²) < 4.78 is 7.70. The Morgan fingerprint density at radius 2 is 1.75 bits per heavy atom. The van der Waals surface area contributed by atoms with E-state index < -0.39 is 0 Å². The Morgan fingerprint density at radius 3 is 2.53 bits per heavy atom. The molecule has 4 nitrogen and oxygen atoms in total. The van der Waals surface area contributed by atoms with Crippen LogP contribution in [0.5, 0.6) is 0 Å². The summed E-state index contributed by atoms with van der Waals surface area (Å²) in [5.41, 5.74) is 9.56. The molecule has 5 rings (SSSR count). The van der Waals surface area contributed by atoms with E-state index in [0.29, 0.717) is 12.2 Å². The third-order valence-electron chi connectivity index (χ3n) is 6.22. The van der Waals surface area contributed by atoms with Crippen molar-refractivity contribution >= 4 is 5.97 Å². The molecule has 4 aromatic rings. The Bertz CT molecular complexity index is 1290. The number of H-pyrrole nitrogens is 1. The second-order valence-corrected chi connectivity index (χ2v) is 8.31. The van der Waals surface area contributed by atoms with Crippen molar-refractivity contribution in [3.05, 3.63) is 101 Å². The topological polar surface area (TPSA) is 46.0 Å². The van der Waals surface area contributed by atoms with Gasteiger partial charge in [0.1, 0.15) is 0 Å². The monoisotopic (exact) mass is 423 g/mol. The first-order valence-electron chi connectivity index (χ1n) is 11.2. The molecule has 0 aliphatic heterocycles. The molecule has 2 heterocycles. The zero-order chi connectivity index (χ0) is 22.1. The van der Waals surface area contributed by atoms with Gasteiger partial charge in [-0.3, -0.25) is 0 Å². The summed E-state index contributed by atoms with van der Waals surface area (Å²) in [5, 5.41) is 0. The van der Waals surface area contributed by atoms with E-state index in [9.17, 15) is 4.79 Å². The number of rotatable bonds is 5. The van der Waals surface area contributed by atoms with Gasteiger partial charge in [-0.25, -0.2) is 9.36 Å². The number of hydrogen-bond donors (Lipinski definition) is 1. The van der Waals surface area contributed by atoms with Crippen molar-refractivity contribution in [3.63, 3.8) is 0 Å². The highest BCUT2D eigenvalue weighted by molar-refractivity contribution is 6.01. The lowest BCUT2D eigenvalue weighted by atomic mass is 9.89. The third kappa shape index (κ3) is 3.62. The SMILES string of the molecule is CCOC(=O)c1c(-c2ccccc2C)[nH]c2c1CCc1c[n+](Cc3ccccc3)ccc1-2. The fraction of sp³-hybridized carbons (Fsp3) is 0.214. The molecule has 0 fully saturated rings. The molecule has 1 aliphatic rings. The second kappa shape index (κ2) is 8.46. The van der Waals surface area contributed by atoms with Crippen LogP contribution in [0.15, 0.2) is 73.1 Å². The van der Waals surface area contributed by atoms with Gasteiger partial charge in [-0.15, -0.1) is 0 Å². The average molecular weight is 424 g/mol. The maximum atomic E-state index is 13.0. The summed E-state index contributed by atoms with van der Waals surface area (Å²) in [6.07, 6.45) is 6.08. The number of hydrogen-bond acceptors (Lipinski definition) is 2.